The van der Waals surface area contributed by atoms with Gasteiger partial charge in [0, 0.05) is 28.9 Å². The average molecular weight is 340 g/mol. The maximum Gasteiger partial charge on any atom is 0.141 e. The van der Waals surface area contributed by atoms with Crippen LogP contribution < -0.4 is 5.73 Å². The van der Waals surface area contributed by atoms with Crippen LogP contribution in [0.25, 0.3) is 21.9 Å². The summed E-state index contributed by atoms with van der Waals surface area (Å²) < 4.78 is 5.28. The topological polar surface area (TPSA) is 77.8 Å². The first-order valence-corrected chi connectivity index (χ1v) is 8.17. The predicted octanol–water partition coefficient (Wildman–Crippen LogP) is 3.88. The number of hydrogen-bond donors (Lipinski definition) is 1. The van der Waals surface area contributed by atoms with E-state index in [4.69, 9.17) is 10.3 Å². The monoisotopic (exact) mass is 340 g/mol. The molecule has 0 saturated heterocycles. The van der Waals surface area contributed by atoms with Gasteiger partial charge in [-0.2, -0.15) is 0 Å². The van der Waals surface area contributed by atoms with Crippen molar-refractivity contribution >= 4 is 16.6 Å². The Morgan fingerprint density at radius 3 is 2.69 bits per heavy atom. The highest BCUT2D eigenvalue weighted by Crippen LogP contribution is 2.29. The van der Waals surface area contributed by atoms with Crippen LogP contribution in [-0.4, -0.2) is 15.1 Å². The van der Waals surface area contributed by atoms with Gasteiger partial charge in [0.2, 0.25) is 0 Å². The van der Waals surface area contributed by atoms with Crippen LogP contribution in [0.4, 0.5) is 5.82 Å². The first-order valence-electron chi connectivity index (χ1n) is 8.17. The minimum absolute atomic E-state index is 0.425. The van der Waals surface area contributed by atoms with Gasteiger partial charge in [0.05, 0.1) is 11.3 Å². The van der Waals surface area contributed by atoms with Crippen LogP contribution in [-0.2, 0) is 0 Å². The van der Waals surface area contributed by atoms with Crippen molar-refractivity contribution in [2.75, 3.05) is 5.73 Å². The molecule has 26 heavy (non-hydrogen) atoms. The number of fused-ring (bicyclic) bond motifs is 1. The van der Waals surface area contributed by atoms with E-state index in [-0.39, 0.29) is 0 Å². The molecule has 0 atom stereocenters. The van der Waals surface area contributed by atoms with Crippen LogP contribution in [0.15, 0.2) is 53.3 Å². The molecular weight excluding hydrogens is 324 g/mol. The highest BCUT2D eigenvalue weighted by molar-refractivity contribution is 5.83. The molecule has 0 radical (unpaired) electrons. The van der Waals surface area contributed by atoms with Crippen LogP contribution in [0, 0.1) is 25.7 Å². The van der Waals surface area contributed by atoms with Crippen molar-refractivity contribution in [2.45, 2.75) is 13.8 Å². The van der Waals surface area contributed by atoms with E-state index in [1.807, 2.05) is 50.4 Å². The Morgan fingerprint density at radius 1 is 1.00 bits per heavy atom. The maximum atomic E-state index is 5.88. The minimum Gasteiger partial charge on any atom is -0.384 e. The lowest BCUT2D eigenvalue weighted by atomic mass is 10.0. The lowest BCUT2D eigenvalue weighted by Crippen LogP contribution is -1.96. The second kappa shape index (κ2) is 6.34. The number of aromatic nitrogens is 3. The summed E-state index contributed by atoms with van der Waals surface area (Å²) in [6.07, 6.45) is 3.61. The van der Waals surface area contributed by atoms with Crippen molar-refractivity contribution in [3.05, 3.63) is 71.5 Å². The Morgan fingerprint density at radius 2 is 1.88 bits per heavy atom. The molecule has 126 valence electrons. The fraction of sp³-hybridized carbons (Fsp3) is 0.0952. The SMILES string of the molecule is Cc1noc(C)c1-c1ccc(N)nc1C#Cc1ccc2cnccc2c1. The number of aryl methyl sites for hydroxylation is 2. The lowest BCUT2D eigenvalue weighted by Gasteiger charge is -2.04. The van der Waals surface area contributed by atoms with Gasteiger partial charge in [-0.1, -0.05) is 17.1 Å². The molecule has 3 aromatic heterocycles. The smallest absolute Gasteiger partial charge is 0.141 e. The number of hydrogen-bond acceptors (Lipinski definition) is 5. The summed E-state index contributed by atoms with van der Waals surface area (Å²) >= 11 is 0. The summed E-state index contributed by atoms with van der Waals surface area (Å²) in [5, 5.41) is 6.20. The van der Waals surface area contributed by atoms with Crippen LogP contribution in [0.3, 0.4) is 0 Å². The van der Waals surface area contributed by atoms with Gasteiger partial charge in [0.15, 0.2) is 0 Å². The van der Waals surface area contributed by atoms with Crippen molar-refractivity contribution in [2.24, 2.45) is 0 Å². The zero-order valence-corrected chi connectivity index (χ0v) is 14.4. The van der Waals surface area contributed by atoms with Crippen LogP contribution in [0.2, 0.25) is 0 Å². The van der Waals surface area contributed by atoms with Crippen molar-refractivity contribution in [3.63, 3.8) is 0 Å². The largest absolute Gasteiger partial charge is 0.384 e. The van der Waals surface area contributed by atoms with Crippen molar-refractivity contribution < 1.29 is 4.52 Å². The van der Waals surface area contributed by atoms with E-state index >= 15 is 0 Å². The molecule has 2 N–H and O–H groups in total. The summed E-state index contributed by atoms with van der Waals surface area (Å²) in [5.74, 6) is 7.49. The molecule has 0 bridgehead atoms. The van der Waals surface area contributed by atoms with Crippen LogP contribution >= 0.6 is 0 Å². The van der Waals surface area contributed by atoms with Gasteiger partial charge in [-0.05, 0) is 55.5 Å². The summed E-state index contributed by atoms with van der Waals surface area (Å²) in [5.41, 5.74) is 9.96. The molecule has 4 rings (SSSR count). The van der Waals surface area contributed by atoms with E-state index in [0.717, 1.165) is 38.9 Å². The molecule has 5 heteroatoms. The third kappa shape index (κ3) is 2.89. The van der Waals surface area contributed by atoms with Gasteiger partial charge in [0.1, 0.15) is 17.3 Å². The average Bonchev–Trinajstić information content (AvgIpc) is 2.98. The standard InChI is InChI=1S/C21H16N4O/c1-13-21(14(2)26-25-13)18-6-8-20(22)24-19(18)7-4-15-3-5-17-12-23-10-9-16(17)11-15/h3,5-6,8-12H,1-2H3,(H2,22,24). The van der Waals surface area contributed by atoms with E-state index in [1.54, 1.807) is 12.3 Å². The number of nitrogens with zero attached hydrogens (tertiary/aromatic N) is 3. The fourth-order valence-electron chi connectivity index (χ4n) is 2.93. The molecule has 1 aromatic carbocycles. The molecule has 0 amide bonds. The second-order valence-electron chi connectivity index (χ2n) is 6.02. The normalized spacial score (nSPS) is 10.5. The van der Waals surface area contributed by atoms with Gasteiger partial charge >= 0.3 is 0 Å². The molecule has 0 spiro atoms. The number of rotatable bonds is 1. The van der Waals surface area contributed by atoms with Gasteiger partial charge in [-0.3, -0.25) is 4.98 Å². The second-order valence-corrected chi connectivity index (χ2v) is 6.02. The summed E-state index contributed by atoms with van der Waals surface area (Å²) in [6, 6.07) is 11.6. The van der Waals surface area contributed by atoms with Crippen LogP contribution in [0.5, 0.6) is 0 Å². The van der Waals surface area contributed by atoms with E-state index in [9.17, 15) is 0 Å². The molecule has 0 aliphatic carbocycles. The third-order valence-corrected chi connectivity index (χ3v) is 4.19. The molecular formula is C21H16N4O. The zero-order chi connectivity index (χ0) is 18.1. The minimum atomic E-state index is 0.425. The molecule has 0 aliphatic heterocycles. The van der Waals surface area contributed by atoms with E-state index in [1.165, 1.54) is 0 Å². The first kappa shape index (κ1) is 15.9. The highest BCUT2D eigenvalue weighted by atomic mass is 16.5. The molecule has 5 nitrogen and oxygen atoms in total. The van der Waals surface area contributed by atoms with Gasteiger partial charge < -0.3 is 10.3 Å². The Hall–Kier alpha value is -3.65. The number of nitrogen functional groups attached to an aromatic ring is 1. The maximum absolute atomic E-state index is 5.88. The van der Waals surface area contributed by atoms with E-state index < -0.39 is 0 Å². The molecule has 3 heterocycles. The zero-order valence-electron chi connectivity index (χ0n) is 14.4. The first-order chi connectivity index (χ1) is 12.6. The fourth-order valence-corrected chi connectivity index (χ4v) is 2.93. The molecule has 0 aliphatic rings. The van der Waals surface area contributed by atoms with E-state index in [0.29, 0.717) is 11.5 Å². The summed E-state index contributed by atoms with van der Waals surface area (Å²) in [6.45, 7) is 3.77. The molecule has 0 saturated carbocycles. The van der Waals surface area contributed by atoms with Crippen molar-refractivity contribution in [3.8, 4) is 23.0 Å². The Kier molecular flexibility index (Phi) is 3.86. The highest BCUT2D eigenvalue weighted by Gasteiger charge is 2.15. The van der Waals surface area contributed by atoms with Gasteiger partial charge in [-0.25, -0.2) is 4.98 Å². The quantitative estimate of drug-likeness (QED) is 0.532. The van der Waals surface area contributed by atoms with Crippen LogP contribution in [0.1, 0.15) is 22.7 Å². The van der Waals surface area contributed by atoms with Gasteiger partial charge in [-0.15, -0.1) is 0 Å². The molecule has 4 aromatic rings. The molecule has 0 unspecified atom stereocenters. The van der Waals surface area contributed by atoms with Crippen molar-refractivity contribution in [1.29, 1.82) is 0 Å². The predicted molar refractivity (Wildman–Crippen MR) is 101 cm³/mol. The third-order valence-electron chi connectivity index (χ3n) is 4.19. The van der Waals surface area contributed by atoms with E-state index in [2.05, 4.69) is 27.0 Å². The summed E-state index contributed by atoms with van der Waals surface area (Å²) in [4.78, 5) is 8.54. The molecule has 0 fully saturated rings. The Labute approximate surface area is 150 Å². The lowest BCUT2D eigenvalue weighted by molar-refractivity contribution is 0.393. The Bertz CT molecular complexity index is 1160. The number of nitrogens with two attached hydrogens (primary N) is 1. The van der Waals surface area contributed by atoms with Gasteiger partial charge in [0.25, 0.3) is 0 Å². The number of anilines is 1. The van der Waals surface area contributed by atoms with Crippen molar-refractivity contribution in [1.82, 2.24) is 15.1 Å². The number of pyridine rings is 2. The summed E-state index contributed by atoms with van der Waals surface area (Å²) in [7, 11) is 0. The number of benzene rings is 1. The Balaban J connectivity index is 1.81.